The molecule has 0 unspecified atom stereocenters. The molecule has 6 heteroatoms. The van der Waals surface area contributed by atoms with E-state index in [9.17, 15) is 4.79 Å². The van der Waals surface area contributed by atoms with Gasteiger partial charge in [-0.25, -0.2) is 9.78 Å². The summed E-state index contributed by atoms with van der Waals surface area (Å²) in [4.78, 5) is 18.9. The first-order chi connectivity index (χ1) is 8.75. The van der Waals surface area contributed by atoms with E-state index in [1.165, 1.54) is 0 Å². The van der Waals surface area contributed by atoms with Gasteiger partial charge in [0.25, 0.3) is 0 Å². The molecule has 5 nitrogen and oxygen atoms in total. The van der Waals surface area contributed by atoms with E-state index in [0.717, 1.165) is 35.7 Å². The Bertz CT molecular complexity index is 513. The minimum Gasteiger partial charge on any atom is -0.476 e. The number of nitrogens with one attached hydrogen (secondary N) is 1. The molecule has 0 spiro atoms. The molecule has 0 aliphatic heterocycles. The maximum atomic E-state index is 10.6. The standard InChI is InChI=1S/C12H13N3O2S/c16-12(17)11-15-10(8-18-11)7-13-6-4-9-3-1-2-5-14-9/h1-3,5,8,13H,4,6-7H2,(H,16,17). The van der Waals surface area contributed by atoms with Crippen LogP contribution in [0.3, 0.4) is 0 Å². The van der Waals surface area contributed by atoms with Crippen molar-refractivity contribution in [1.29, 1.82) is 0 Å². The molecule has 0 aliphatic carbocycles. The quantitative estimate of drug-likeness (QED) is 0.774. The predicted molar refractivity (Wildman–Crippen MR) is 68.7 cm³/mol. The van der Waals surface area contributed by atoms with Crippen molar-refractivity contribution in [3.63, 3.8) is 0 Å². The van der Waals surface area contributed by atoms with E-state index in [1.54, 1.807) is 11.6 Å². The lowest BCUT2D eigenvalue weighted by Gasteiger charge is -2.02. The van der Waals surface area contributed by atoms with Gasteiger partial charge < -0.3 is 10.4 Å². The van der Waals surface area contributed by atoms with Crippen molar-refractivity contribution in [1.82, 2.24) is 15.3 Å². The zero-order valence-corrected chi connectivity index (χ0v) is 10.5. The lowest BCUT2D eigenvalue weighted by Crippen LogP contribution is -2.17. The van der Waals surface area contributed by atoms with Crippen molar-refractivity contribution in [3.05, 3.63) is 46.2 Å². The van der Waals surface area contributed by atoms with E-state index in [4.69, 9.17) is 5.11 Å². The van der Waals surface area contributed by atoms with E-state index in [1.807, 2.05) is 18.2 Å². The molecule has 0 saturated carbocycles. The van der Waals surface area contributed by atoms with Crippen LogP contribution in [-0.4, -0.2) is 27.6 Å². The summed E-state index contributed by atoms with van der Waals surface area (Å²) in [6.45, 7) is 1.37. The first kappa shape index (κ1) is 12.7. The fourth-order valence-corrected chi connectivity index (χ4v) is 2.12. The monoisotopic (exact) mass is 263 g/mol. The third kappa shape index (κ3) is 3.61. The van der Waals surface area contributed by atoms with Gasteiger partial charge in [0.05, 0.1) is 5.69 Å². The van der Waals surface area contributed by atoms with Gasteiger partial charge in [-0.15, -0.1) is 11.3 Å². The maximum absolute atomic E-state index is 10.6. The highest BCUT2D eigenvalue weighted by Gasteiger charge is 2.08. The number of rotatable bonds is 6. The van der Waals surface area contributed by atoms with Crippen LogP contribution >= 0.6 is 11.3 Å². The van der Waals surface area contributed by atoms with Crippen molar-refractivity contribution in [2.24, 2.45) is 0 Å². The minimum atomic E-state index is -0.972. The summed E-state index contributed by atoms with van der Waals surface area (Å²) in [5, 5.41) is 13.8. The second-order valence-corrected chi connectivity index (χ2v) is 4.56. The van der Waals surface area contributed by atoms with Crippen molar-refractivity contribution in [3.8, 4) is 0 Å². The Hall–Kier alpha value is -1.79. The van der Waals surface area contributed by atoms with Gasteiger partial charge in [0.1, 0.15) is 0 Å². The SMILES string of the molecule is O=C(O)c1nc(CNCCc2ccccn2)cs1. The molecule has 94 valence electrons. The molecule has 2 aromatic rings. The third-order valence-corrected chi connectivity index (χ3v) is 3.20. The number of hydrogen-bond acceptors (Lipinski definition) is 5. The highest BCUT2D eigenvalue weighted by Crippen LogP contribution is 2.09. The first-order valence-corrected chi connectivity index (χ1v) is 6.42. The summed E-state index contributed by atoms with van der Waals surface area (Å²) in [5.74, 6) is -0.972. The second-order valence-electron chi connectivity index (χ2n) is 3.70. The molecule has 2 heterocycles. The maximum Gasteiger partial charge on any atom is 0.365 e. The minimum absolute atomic E-state index is 0.136. The van der Waals surface area contributed by atoms with Gasteiger partial charge in [-0.1, -0.05) is 6.07 Å². The number of nitrogens with zero attached hydrogens (tertiary/aromatic N) is 2. The van der Waals surface area contributed by atoms with Crippen LogP contribution in [-0.2, 0) is 13.0 Å². The molecule has 0 radical (unpaired) electrons. The number of thiazole rings is 1. The van der Waals surface area contributed by atoms with Crippen LogP contribution in [0.15, 0.2) is 29.8 Å². The summed E-state index contributed by atoms with van der Waals surface area (Å²) in [5.41, 5.74) is 1.80. The van der Waals surface area contributed by atoms with Gasteiger partial charge in [0, 0.05) is 36.8 Å². The van der Waals surface area contributed by atoms with Crippen LogP contribution in [0.2, 0.25) is 0 Å². The number of hydrogen-bond donors (Lipinski definition) is 2. The molecule has 18 heavy (non-hydrogen) atoms. The summed E-state index contributed by atoms with van der Waals surface area (Å²) >= 11 is 1.15. The molecular weight excluding hydrogens is 250 g/mol. The summed E-state index contributed by atoms with van der Waals surface area (Å²) in [7, 11) is 0. The van der Waals surface area contributed by atoms with Crippen LogP contribution < -0.4 is 5.32 Å². The van der Waals surface area contributed by atoms with Gasteiger partial charge >= 0.3 is 5.97 Å². The van der Waals surface area contributed by atoms with E-state index in [0.29, 0.717) is 6.54 Å². The molecule has 0 amide bonds. The van der Waals surface area contributed by atoms with Crippen LogP contribution in [0.5, 0.6) is 0 Å². The lowest BCUT2D eigenvalue weighted by molar-refractivity contribution is 0.0696. The van der Waals surface area contributed by atoms with Crippen LogP contribution in [0, 0.1) is 0 Å². The van der Waals surface area contributed by atoms with Crippen LogP contribution in [0.25, 0.3) is 0 Å². The fourth-order valence-electron chi connectivity index (χ4n) is 1.47. The second kappa shape index (κ2) is 6.23. The molecule has 0 fully saturated rings. The Morgan fingerprint density at radius 3 is 2.94 bits per heavy atom. The van der Waals surface area contributed by atoms with Gasteiger partial charge in [-0.3, -0.25) is 4.98 Å². The molecule has 0 aromatic carbocycles. The number of carbonyl (C=O) groups is 1. The van der Waals surface area contributed by atoms with Gasteiger partial charge in [-0.2, -0.15) is 0 Å². The number of aromatic nitrogens is 2. The number of aromatic carboxylic acids is 1. The molecule has 2 N–H and O–H groups in total. The lowest BCUT2D eigenvalue weighted by atomic mass is 10.3. The Labute approximate surface area is 109 Å². The van der Waals surface area contributed by atoms with Crippen molar-refractivity contribution in [2.45, 2.75) is 13.0 Å². The van der Waals surface area contributed by atoms with Gasteiger partial charge in [-0.05, 0) is 12.1 Å². The Kier molecular flexibility index (Phi) is 4.38. The molecule has 2 rings (SSSR count). The van der Waals surface area contributed by atoms with Gasteiger partial charge in [0.15, 0.2) is 0 Å². The highest BCUT2D eigenvalue weighted by atomic mass is 32.1. The molecule has 0 atom stereocenters. The van der Waals surface area contributed by atoms with Crippen molar-refractivity contribution >= 4 is 17.3 Å². The smallest absolute Gasteiger partial charge is 0.365 e. The topological polar surface area (TPSA) is 75.1 Å². The summed E-state index contributed by atoms with van der Waals surface area (Å²) < 4.78 is 0. The first-order valence-electron chi connectivity index (χ1n) is 5.54. The molecule has 0 aliphatic rings. The summed E-state index contributed by atoms with van der Waals surface area (Å²) in [6, 6.07) is 5.83. The largest absolute Gasteiger partial charge is 0.476 e. The third-order valence-electron chi connectivity index (χ3n) is 2.32. The predicted octanol–water partition coefficient (Wildman–Crippen LogP) is 1.57. The normalized spacial score (nSPS) is 10.4. The Balaban J connectivity index is 1.73. The van der Waals surface area contributed by atoms with Crippen LogP contribution in [0.4, 0.5) is 0 Å². The molecular formula is C12H13N3O2S. The van der Waals surface area contributed by atoms with Crippen molar-refractivity contribution in [2.75, 3.05) is 6.54 Å². The zero-order chi connectivity index (χ0) is 12.8. The fraction of sp³-hybridized carbons (Fsp3) is 0.250. The van der Waals surface area contributed by atoms with E-state index in [2.05, 4.69) is 15.3 Å². The number of pyridine rings is 1. The molecule has 0 saturated heterocycles. The van der Waals surface area contributed by atoms with Gasteiger partial charge in [0.2, 0.25) is 5.01 Å². The molecule has 0 bridgehead atoms. The average molecular weight is 263 g/mol. The number of carboxylic acids is 1. The Morgan fingerprint density at radius 2 is 2.28 bits per heavy atom. The van der Waals surface area contributed by atoms with Crippen LogP contribution in [0.1, 0.15) is 21.2 Å². The highest BCUT2D eigenvalue weighted by molar-refractivity contribution is 7.11. The van der Waals surface area contributed by atoms with E-state index in [-0.39, 0.29) is 5.01 Å². The average Bonchev–Trinajstić information content (AvgIpc) is 2.85. The van der Waals surface area contributed by atoms with E-state index < -0.39 is 5.97 Å². The Morgan fingerprint density at radius 1 is 1.39 bits per heavy atom. The van der Waals surface area contributed by atoms with Crippen molar-refractivity contribution < 1.29 is 9.90 Å². The number of carboxylic acid groups (broad SMARTS) is 1. The summed E-state index contributed by atoms with van der Waals surface area (Å²) in [6.07, 6.45) is 2.62. The zero-order valence-electron chi connectivity index (χ0n) is 9.67. The van der Waals surface area contributed by atoms with E-state index >= 15 is 0 Å². The molecule has 2 aromatic heterocycles.